The van der Waals surface area contributed by atoms with Gasteiger partial charge in [0.15, 0.2) is 5.52 Å². The van der Waals surface area contributed by atoms with E-state index in [1.165, 1.54) is 13.0 Å². The van der Waals surface area contributed by atoms with Crippen LogP contribution in [0.5, 0.6) is 0 Å². The molecule has 33 heavy (non-hydrogen) atoms. The number of carbonyl (C=O) groups is 1. The maximum atomic E-state index is 11.0. The number of carbonyl (C=O) groups excluding carboxylic acids is 1. The van der Waals surface area contributed by atoms with E-state index in [1.54, 1.807) is 12.1 Å². The van der Waals surface area contributed by atoms with Crippen molar-refractivity contribution in [2.45, 2.75) is 70.4 Å². The van der Waals surface area contributed by atoms with Crippen molar-refractivity contribution in [1.29, 1.82) is 0 Å². The summed E-state index contributed by atoms with van der Waals surface area (Å²) in [6, 6.07) is 2.35. The lowest BCUT2D eigenvalue weighted by Crippen LogP contribution is -2.44. The molecule has 1 aromatic carbocycles. The summed E-state index contributed by atoms with van der Waals surface area (Å²) in [6.45, 7) is 1.78. The maximum Gasteiger partial charge on any atom is 0.300 e. The van der Waals surface area contributed by atoms with Gasteiger partial charge in [-0.1, -0.05) is 44.3 Å². The average Bonchev–Trinajstić information content (AvgIpc) is 3.27. The SMILES string of the molecule is CC(=O)N[C@@H](CO)[C@H](O)C=CCCCCCCCCCNc1ccc([N+](=O)[O-])c2nonc12. The molecule has 2 atom stereocenters. The zero-order valence-corrected chi connectivity index (χ0v) is 18.9. The van der Waals surface area contributed by atoms with Gasteiger partial charge in [-0.2, -0.15) is 0 Å². The Morgan fingerprint density at radius 3 is 2.48 bits per heavy atom. The van der Waals surface area contributed by atoms with Gasteiger partial charge in [-0.25, -0.2) is 4.63 Å². The summed E-state index contributed by atoms with van der Waals surface area (Å²) in [6.07, 6.45) is 11.1. The van der Waals surface area contributed by atoms with Gasteiger partial charge in [0, 0.05) is 19.5 Å². The first kappa shape index (κ1) is 26.2. The number of anilines is 1. The number of benzene rings is 1. The number of allylic oxidation sites excluding steroid dienone is 1. The third-order valence-corrected chi connectivity index (χ3v) is 5.28. The lowest BCUT2D eigenvalue weighted by atomic mass is 10.1. The van der Waals surface area contributed by atoms with E-state index in [4.69, 9.17) is 0 Å². The third-order valence-electron chi connectivity index (χ3n) is 5.28. The summed E-state index contributed by atoms with van der Waals surface area (Å²) in [5.41, 5.74) is 1.07. The number of hydrogen-bond donors (Lipinski definition) is 4. The number of aliphatic hydroxyl groups is 2. The summed E-state index contributed by atoms with van der Waals surface area (Å²) in [5, 5.41) is 43.3. The van der Waals surface area contributed by atoms with E-state index in [0.717, 1.165) is 57.9 Å². The lowest BCUT2D eigenvalue weighted by Gasteiger charge is -2.18. The number of unbranched alkanes of at least 4 members (excludes halogenated alkanes) is 7. The van der Waals surface area contributed by atoms with E-state index in [-0.39, 0.29) is 23.7 Å². The molecule has 2 aromatic rings. The minimum absolute atomic E-state index is 0.122. The van der Waals surface area contributed by atoms with E-state index in [1.807, 2.05) is 6.08 Å². The standard InChI is InChI=1S/C22H33N5O6/c1-16(29)24-18(15-28)20(30)11-9-7-5-3-2-4-6-8-10-14-23-17-12-13-19(27(31)32)22-21(17)25-33-26-22/h9,11-13,18,20,23,28,30H,2-8,10,14-15H2,1H3,(H,24,29)/t18-,20+/m0/s1. The van der Waals surface area contributed by atoms with Crippen LogP contribution < -0.4 is 10.6 Å². The van der Waals surface area contributed by atoms with Crippen molar-refractivity contribution >= 4 is 28.3 Å². The highest BCUT2D eigenvalue weighted by Crippen LogP contribution is 2.28. The van der Waals surface area contributed by atoms with Crippen molar-refractivity contribution in [2.24, 2.45) is 0 Å². The molecule has 1 aromatic heterocycles. The number of aliphatic hydroxyl groups excluding tert-OH is 2. The summed E-state index contributed by atoms with van der Waals surface area (Å²) < 4.78 is 4.66. The maximum absolute atomic E-state index is 11.0. The van der Waals surface area contributed by atoms with Gasteiger partial charge in [0.1, 0.15) is 0 Å². The summed E-state index contributed by atoms with van der Waals surface area (Å²) in [7, 11) is 0. The molecular weight excluding hydrogens is 430 g/mol. The molecule has 0 spiro atoms. The quantitative estimate of drug-likeness (QED) is 0.127. The second kappa shape index (κ2) is 14.2. The second-order valence-electron chi connectivity index (χ2n) is 7.95. The zero-order chi connectivity index (χ0) is 24.1. The molecule has 0 aliphatic heterocycles. The molecular formula is C22H33N5O6. The Kier molecular flexibility index (Phi) is 11.3. The highest BCUT2D eigenvalue weighted by Gasteiger charge is 2.19. The van der Waals surface area contributed by atoms with Crippen molar-refractivity contribution in [3.8, 4) is 0 Å². The number of rotatable bonds is 16. The first-order valence-electron chi connectivity index (χ1n) is 11.3. The van der Waals surface area contributed by atoms with Gasteiger partial charge in [0.2, 0.25) is 11.4 Å². The van der Waals surface area contributed by atoms with E-state index in [2.05, 4.69) is 25.6 Å². The van der Waals surface area contributed by atoms with Crippen LogP contribution in [0.15, 0.2) is 28.9 Å². The fourth-order valence-corrected chi connectivity index (χ4v) is 3.51. The molecule has 0 fully saturated rings. The number of aromatic nitrogens is 2. The first-order chi connectivity index (χ1) is 15.9. The predicted molar refractivity (Wildman–Crippen MR) is 124 cm³/mol. The van der Waals surface area contributed by atoms with Crippen LogP contribution in [0.1, 0.15) is 58.3 Å². The van der Waals surface area contributed by atoms with Crippen LogP contribution in [0.3, 0.4) is 0 Å². The van der Waals surface area contributed by atoms with Crippen molar-refractivity contribution in [1.82, 2.24) is 15.6 Å². The molecule has 0 unspecified atom stereocenters. The van der Waals surface area contributed by atoms with Gasteiger partial charge in [-0.05, 0) is 35.6 Å². The Morgan fingerprint density at radius 1 is 1.15 bits per heavy atom. The first-order valence-corrected chi connectivity index (χ1v) is 11.3. The minimum atomic E-state index is -0.893. The molecule has 0 saturated carbocycles. The number of nitrogens with zero attached hydrogens (tertiary/aromatic N) is 3. The second-order valence-corrected chi connectivity index (χ2v) is 7.95. The Morgan fingerprint density at radius 2 is 1.82 bits per heavy atom. The van der Waals surface area contributed by atoms with Crippen molar-refractivity contribution in [3.05, 3.63) is 34.4 Å². The largest absolute Gasteiger partial charge is 0.394 e. The van der Waals surface area contributed by atoms with Gasteiger partial charge >= 0.3 is 5.69 Å². The van der Waals surface area contributed by atoms with Crippen LogP contribution in [-0.2, 0) is 4.79 Å². The fraction of sp³-hybridized carbons (Fsp3) is 0.591. The number of fused-ring (bicyclic) bond motifs is 1. The highest BCUT2D eigenvalue weighted by atomic mass is 16.6. The van der Waals surface area contributed by atoms with Gasteiger partial charge in [-0.3, -0.25) is 14.9 Å². The Bertz CT molecular complexity index is 916. The van der Waals surface area contributed by atoms with Crippen LogP contribution in [0.25, 0.3) is 11.0 Å². The average molecular weight is 464 g/mol. The Hall–Kier alpha value is -3.05. The molecule has 1 amide bonds. The van der Waals surface area contributed by atoms with Gasteiger partial charge < -0.3 is 20.8 Å². The number of nitrogens with one attached hydrogen (secondary N) is 2. The van der Waals surface area contributed by atoms with E-state index in [0.29, 0.717) is 11.2 Å². The van der Waals surface area contributed by atoms with Crippen molar-refractivity contribution < 1.29 is 24.6 Å². The minimum Gasteiger partial charge on any atom is -0.394 e. The molecule has 2 rings (SSSR count). The van der Waals surface area contributed by atoms with Crippen LogP contribution in [-0.4, -0.2) is 56.7 Å². The molecule has 4 N–H and O–H groups in total. The third kappa shape index (κ3) is 8.78. The zero-order valence-electron chi connectivity index (χ0n) is 18.9. The number of hydrogen-bond acceptors (Lipinski definition) is 9. The van der Waals surface area contributed by atoms with Crippen LogP contribution in [0.4, 0.5) is 11.4 Å². The molecule has 11 nitrogen and oxygen atoms in total. The molecule has 0 aliphatic rings. The molecule has 0 saturated heterocycles. The summed E-state index contributed by atoms with van der Waals surface area (Å²) >= 11 is 0. The van der Waals surface area contributed by atoms with Gasteiger partial charge in [0.25, 0.3) is 0 Å². The van der Waals surface area contributed by atoms with Crippen molar-refractivity contribution in [2.75, 3.05) is 18.5 Å². The highest BCUT2D eigenvalue weighted by molar-refractivity contribution is 5.93. The molecule has 11 heteroatoms. The monoisotopic (exact) mass is 463 g/mol. The number of non-ortho nitro benzene ring substituents is 1. The van der Waals surface area contributed by atoms with E-state index in [9.17, 15) is 25.1 Å². The van der Waals surface area contributed by atoms with Gasteiger partial charge in [-0.15, -0.1) is 0 Å². The smallest absolute Gasteiger partial charge is 0.300 e. The summed E-state index contributed by atoms with van der Waals surface area (Å²) in [5.74, 6) is -0.284. The Balaban J connectivity index is 1.52. The van der Waals surface area contributed by atoms with E-state index >= 15 is 0 Å². The summed E-state index contributed by atoms with van der Waals surface area (Å²) in [4.78, 5) is 21.5. The number of amides is 1. The topological polar surface area (TPSA) is 164 Å². The normalized spacial score (nSPS) is 13.3. The molecule has 0 bridgehead atoms. The predicted octanol–water partition coefficient (Wildman–Crippen LogP) is 3.08. The molecule has 0 aliphatic carbocycles. The van der Waals surface area contributed by atoms with Gasteiger partial charge in [0.05, 0.1) is 29.4 Å². The lowest BCUT2D eigenvalue weighted by molar-refractivity contribution is -0.383. The van der Waals surface area contributed by atoms with Crippen LogP contribution >= 0.6 is 0 Å². The van der Waals surface area contributed by atoms with Crippen LogP contribution in [0, 0.1) is 10.1 Å². The number of nitro benzene ring substituents is 1. The molecule has 1 heterocycles. The van der Waals surface area contributed by atoms with E-state index < -0.39 is 17.1 Å². The van der Waals surface area contributed by atoms with Crippen molar-refractivity contribution in [3.63, 3.8) is 0 Å². The number of nitro groups is 1. The molecule has 0 radical (unpaired) electrons. The van der Waals surface area contributed by atoms with Crippen LogP contribution in [0.2, 0.25) is 0 Å². The fourth-order valence-electron chi connectivity index (χ4n) is 3.51. The Labute approximate surface area is 192 Å². The molecule has 182 valence electrons.